The van der Waals surface area contributed by atoms with Gasteiger partial charge in [-0.3, -0.25) is 0 Å². The average molecular weight is 279 g/mol. The molecule has 0 amide bonds. The third kappa shape index (κ3) is 3.59. The quantitative estimate of drug-likeness (QED) is 0.762. The van der Waals surface area contributed by atoms with Crippen LogP contribution >= 0.6 is 0 Å². The van der Waals surface area contributed by atoms with Crippen molar-refractivity contribution in [1.29, 1.82) is 0 Å². The Hall–Kier alpha value is -1.30. The van der Waals surface area contributed by atoms with Gasteiger partial charge in [0.25, 0.3) is 0 Å². The smallest absolute Gasteiger partial charge is 0.366 e. The second-order valence-corrected chi connectivity index (χ2v) is 4.28. The highest BCUT2D eigenvalue weighted by Crippen LogP contribution is 2.36. The van der Waals surface area contributed by atoms with Gasteiger partial charge in [-0.2, -0.15) is 17.6 Å². The van der Waals surface area contributed by atoms with Crippen LogP contribution in [0, 0.1) is 6.92 Å². The van der Waals surface area contributed by atoms with Crippen molar-refractivity contribution in [2.75, 3.05) is 25.1 Å². The van der Waals surface area contributed by atoms with Gasteiger partial charge in [0.1, 0.15) is 0 Å². The average Bonchev–Trinajstić information content (AvgIpc) is 2.35. The van der Waals surface area contributed by atoms with Crippen molar-refractivity contribution >= 4 is 5.69 Å². The molecule has 19 heavy (non-hydrogen) atoms. The molecule has 1 aromatic carbocycles. The lowest BCUT2D eigenvalue weighted by molar-refractivity contribution is -0.319. The van der Waals surface area contributed by atoms with E-state index in [0.29, 0.717) is 5.69 Å². The number of hydrogen-bond acceptors (Lipinski definition) is 2. The minimum absolute atomic E-state index is 0.244. The fourth-order valence-electron chi connectivity index (χ4n) is 1.66. The SMILES string of the molecule is CCN(CC(F)(OC)C(F)(F)F)c1ccc(C)cc1. The molecule has 0 saturated carbocycles. The Labute approximate surface area is 110 Å². The van der Waals surface area contributed by atoms with Crippen LogP contribution in [-0.2, 0) is 4.74 Å². The Morgan fingerprint density at radius 2 is 1.63 bits per heavy atom. The van der Waals surface area contributed by atoms with Crippen LogP contribution in [0.1, 0.15) is 12.5 Å². The van der Waals surface area contributed by atoms with E-state index in [1.807, 2.05) is 6.92 Å². The molecule has 0 N–H and O–H groups in total. The molecule has 0 bridgehead atoms. The first-order chi connectivity index (χ1) is 8.73. The number of likely N-dealkylation sites (N-methyl/N-ethyl adjacent to an activating group) is 1. The van der Waals surface area contributed by atoms with Crippen molar-refractivity contribution in [3.05, 3.63) is 29.8 Å². The second-order valence-electron chi connectivity index (χ2n) is 4.28. The highest BCUT2D eigenvalue weighted by molar-refractivity contribution is 5.47. The number of rotatable bonds is 5. The summed E-state index contributed by atoms with van der Waals surface area (Å²) in [4.78, 5) is 1.29. The van der Waals surface area contributed by atoms with Crippen LogP contribution in [0.3, 0.4) is 0 Å². The van der Waals surface area contributed by atoms with Gasteiger partial charge in [-0.15, -0.1) is 0 Å². The van der Waals surface area contributed by atoms with E-state index in [2.05, 4.69) is 4.74 Å². The maximum Gasteiger partial charge on any atom is 0.450 e. The Bertz CT molecular complexity index is 404. The topological polar surface area (TPSA) is 12.5 Å². The van der Waals surface area contributed by atoms with Crippen LogP contribution in [-0.4, -0.2) is 32.2 Å². The Kier molecular flexibility index (Phi) is 4.79. The highest BCUT2D eigenvalue weighted by Gasteiger charge is 2.57. The number of ether oxygens (including phenoxy) is 1. The Morgan fingerprint density at radius 3 is 2.00 bits per heavy atom. The van der Waals surface area contributed by atoms with Crippen LogP contribution in [0.5, 0.6) is 0 Å². The molecular formula is C13H17F4NO. The summed E-state index contributed by atoms with van der Waals surface area (Å²) in [6.07, 6.45) is -5.07. The predicted molar refractivity (Wildman–Crippen MR) is 66.0 cm³/mol. The number of methoxy groups -OCH3 is 1. The van der Waals surface area contributed by atoms with Gasteiger partial charge in [-0.25, -0.2) is 0 Å². The molecule has 0 aliphatic heterocycles. The lowest BCUT2D eigenvalue weighted by atomic mass is 10.2. The molecule has 108 valence electrons. The second kappa shape index (κ2) is 5.77. The van der Waals surface area contributed by atoms with Crippen LogP contribution in [0.25, 0.3) is 0 Å². The largest absolute Gasteiger partial charge is 0.450 e. The molecule has 1 rings (SSSR count). The van der Waals surface area contributed by atoms with Crippen LogP contribution in [0.2, 0.25) is 0 Å². The minimum Gasteiger partial charge on any atom is -0.366 e. The molecule has 1 atom stereocenters. The normalized spacial score (nSPS) is 15.1. The number of halogens is 4. The molecule has 0 aliphatic rings. The zero-order valence-corrected chi connectivity index (χ0v) is 11.1. The molecule has 6 heteroatoms. The van der Waals surface area contributed by atoms with Gasteiger partial charge >= 0.3 is 12.0 Å². The summed E-state index contributed by atoms with van der Waals surface area (Å²) in [5.41, 5.74) is 1.50. The maximum absolute atomic E-state index is 13.8. The lowest BCUT2D eigenvalue weighted by Crippen LogP contribution is -2.51. The van der Waals surface area contributed by atoms with Crippen molar-refractivity contribution in [1.82, 2.24) is 0 Å². The van der Waals surface area contributed by atoms with Crippen LogP contribution < -0.4 is 4.90 Å². The summed E-state index contributed by atoms with van der Waals surface area (Å²) in [5, 5.41) is 0. The van der Waals surface area contributed by atoms with E-state index in [1.165, 1.54) is 4.90 Å². The van der Waals surface area contributed by atoms with Gasteiger partial charge in [0.2, 0.25) is 0 Å². The van der Waals surface area contributed by atoms with Crippen molar-refractivity contribution in [2.45, 2.75) is 25.9 Å². The zero-order chi connectivity index (χ0) is 14.7. The van der Waals surface area contributed by atoms with Crippen molar-refractivity contribution < 1.29 is 22.3 Å². The van der Waals surface area contributed by atoms with E-state index in [-0.39, 0.29) is 6.54 Å². The number of anilines is 1. The first-order valence-corrected chi connectivity index (χ1v) is 5.86. The molecular weight excluding hydrogens is 262 g/mol. The van der Waals surface area contributed by atoms with Crippen molar-refractivity contribution in [3.8, 4) is 0 Å². The fourth-order valence-corrected chi connectivity index (χ4v) is 1.66. The number of nitrogens with zero attached hydrogens (tertiary/aromatic N) is 1. The summed E-state index contributed by atoms with van der Waals surface area (Å²) < 4.78 is 55.9. The molecule has 1 aromatic rings. The molecule has 0 saturated heterocycles. The first-order valence-electron chi connectivity index (χ1n) is 5.86. The van der Waals surface area contributed by atoms with E-state index in [0.717, 1.165) is 12.7 Å². The third-order valence-corrected chi connectivity index (χ3v) is 2.92. The Balaban J connectivity index is 2.96. The fraction of sp³-hybridized carbons (Fsp3) is 0.538. The van der Waals surface area contributed by atoms with Gasteiger partial charge < -0.3 is 9.64 Å². The number of hydrogen-bond donors (Lipinski definition) is 0. The van der Waals surface area contributed by atoms with E-state index in [4.69, 9.17) is 0 Å². The van der Waals surface area contributed by atoms with Gasteiger partial charge in [0.05, 0.1) is 6.54 Å². The standard InChI is InChI=1S/C13H17F4NO/c1-4-18(11-7-5-10(2)6-8-11)9-12(14,19-3)13(15,16)17/h5-8H,4,9H2,1-3H3. The van der Waals surface area contributed by atoms with Gasteiger partial charge in [0, 0.05) is 19.3 Å². The molecule has 0 spiro atoms. The summed E-state index contributed by atoms with van der Waals surface area (Å²) in [7, 11) is 0.719. The predicted octanol–water partition coefficient (Wildman–Crippen LogP) is 3.70. The lowest BCUT2D eigenvalue weighted by Gasteiger charge is -2.33. The zero-order valence-electron chi connectivity index (χ0n) is 11.1. The molecule has 0 fully saturated rings. The summed E-state index contributed by atoms with van der Waals surface area (Å²) >= 11 is 0. The van der Waals surface area contributed by atoms with Crippen LogP contribution in [0.15, 0.2) is 24.3 Å². The van der Waals surface area contributed by atoms with Gasteiger partial charge in [-0.05, 0) is 26.0 Å². The Morgan fingerprint density at radius 1 is 1.11 bits per heavy atom. The van der Waals surface area contributed by atoms with Crippen molar-refractivity contribution in [2.24, 2.45) is 0 Å². The minimum atomic E-state index is -5.07. The van der Waals surface area contributed by atoms with E-state index >= 15 is 0 Å². The van der Waals surface area contributed by atoms with Crippen LogP contribution in [0.4, 0.5) is 23.2 Å². The van der Waals surface area contributed by atoms with Gasteiger partial charge in [-0.1, -0.05) is 17.7 Å². The molecule has 1 unspecified atom stereocenters. The molecule has 0 heterocycles. The highest BCUT2D eigenvalue weighted by atomic mass is 19.4. The monoisotopic (exact) mass is 279 g/mol. The van der Waals surface area contributed by atoms with E-state index in [9.17, 15) is 17.6 Å². The summed E-state index contributed by atoms with van der Waals surface area (Å²) in [6, 6.07) is 6.84. The van der Waals surface area contributed by atoms with Gasteiger partial charge in [0.15, 0.2) is 0 Å². The molecule has 0 aliphatic carbocycles. The van der Waals surface area contributed by atoms with E-state index in [1.54, 1.807) is 31.2 Å². The summed E-state index contributed by atoms with van der Waals surface area (Å²) in [6.45, 7) is 2.87. The first kappa shape index (κ1) is 15.8. The number of aryl methyl sites for hydroxylation is 1. The third-order valence-electron chi connectivity index (χ3n) is 2.92. The number of benzene rings is 1. The number of alkyl halides is 4. The van der Waals surface area contributed by atoms with E-state index < -0.39 is 18.6 Å². The molecule has 2 nitrogen and oxygen atoms in total. The molecule has 0 radical (unpaired) electrons. The summed E-state index contributed by atoms with van der Waals surface area (Å²) in [5.74, 6) is -3.67. The molecule has 0 aromatic heterocycles. The maximum atomic E-state index is 13.8. The van der Waals surface area contributed by atoms with Crippen molar-refractivity contribution in [3.63, 3.8) is 0 Å².